The third-order valence-electron chi connectivity index (χ3n) is 3.38. The molecule has 2 heteroatoms. The van der Waals surface area contributed by atoms with Gasteiger partial charge in [0.1, 0.15) is 11.4 Å². The summed E-state index contributed by atoms with van der Waals surface area (Å²) in [7, 11) is 0. The second kappa shape index (κ2) is 3.49. The molecule has 0 saturated heterocycles. The topological polar surface area (TPSA) is 33.4 Å². The van der Waals surface area contributed by atoms with Crippen LogP contribution in [-0.2, 0) is 12.0 Å². The van der Waals surface area contributed by atoms with Gasteiger partial charge in [-0.2, -0.15) is 0 Å². The van der Waals surface area contributed by atoms with Crippen LogP contribution in [0.2, 0.25) is 0 Å². The van der Waals surface area contributed by atoms with E-state index in [0.29, 0.717) is 5.76 Å². The van der Waals surface area contributed by atoms with Gasteiger partial charge in [-0.05, 0) is 42.5 Å². The van der Waals surface area contributed by atoms with Crippen molar-refractivity contribution < 1.29 is 9.52 Å². The van der Waals surface area contributed by atoms with Crippen molar-refractivity contribution in [3.8, 4) is 0 Å². The summed E-state index contributed by atoms with van der Waals surface area (Å²) in [6.07, 6.45) is 4.38. The standard InChI is InChI=1S/C14H14O2/c15-14(13-8-4-10-16-13)9-3-6-11-5-1-2-7-12(11)14/h1-2,4-5,7-8,10,15H,3,6,9H2. The fourth-order valence-electron chi connectivity index (χ4n) is 2.58. The molecule has 3 rings (SSSR count). The van der Waals surface area contributed by atoms with Crippen LogP contribution in [0.5, 0.6) is 0 Å². The zero-order valence-corrected chi connectivity index (χ0v) is 9.02. The summed E-state index contributed by atoms with van der Waals surface area (Å²) in [5.41, 5.74) is 1.29. The highest BCUT2D eigenvalue weighted by atomic mass is 16.4. The van der Waals surface area contributed by atoms with Gasteiger partial charge in [-0.3, -0.25) is 0 Å². The highest BCUT2D eigenvalue weighted by Gasteiger charge is 2.38. The minimum absolute atomic E-state index is 0.652. The normalized spacial score (nSPS) is 24.1. The molecule has 1 aromatic heterocycles. The third-order valence-corrected chi connectivity index (χ3v) is 3.38. The van der Waals surface area contributed by atoms with Crippen LogP contribution in [-0.4, -0.2) is 5.11 Å². The summed E-state index contributed by atoms with van der Waals surface area (Å²) in [5.74, 6) is 0.652. The number of furan rings is 1. The van der Waals surface area contributed by atoms with Crippen molar-refractivity contribution in [2.45, 2.75) is 24.9 Å². The maximum absolute atomic E-state index is 10.8. The molecular formula is C14H14O2. The second-order valence-electron chi connectivity index (χ2n) is 4.35. The van der Waals surface area contributed by atoms with Gasteiger partial charge in [-0.15, -0.1) is 0 Å². The fraction of sp³-hybridized carbons (Fsp3) is 0.286. The molecule has 1 heterocycles. The first-order chi connectivity index (χ1) is 7.81. The smallest absolute Gasteiger partial charge is 0.147 e. The largest absolute Gasteiger partial charge is 0.466 e. The number of hydrogen-bond acceptors (Lipinski definition) is 2. The van der Waals surface area contributed by atoms with E-state index >= 15 is 0 Å². The first-order valence-electron chi connectivity index (χ1n) is 5.65. The Hall–Kier alpha value is -1.54. The zero-order chi connectivity index (χ0) is 11.0. The fourth-order valence-corrected chi connectivity index (χ4v) is 2.58. The van der Waals surface area contributed by atoms with Crippen LogP contribution >= 0.6 is 0 Å². The van der Waals surface area contributed by atoms with Crippen LogP contribution in [0.3, 0.4) is 0 Å². The van der Waals surface area contributed by atoms with E-state index in [1.807, 2.05) is 30.3 Å². The van der Waals surface area contributed by atoms with Gasteiger partial charge in [0.25, 0.3) is 0 Å². The summed E-state index contributed by atoms with van der Waals surface area (Å²) < 4.78 is 5.38. The van der Waals surface area contributed by atoms with Gasteiger partial charge < -0.3 is 9.52 Å². The Morgan fingerprint density at radius 1 is 1.12 bits per heavy atom. The molecule has 1 aliphatic rings. The molecular weight excluding hydrogens is 200 g/mol. The van der Waals surface area contributed by atoms with Crippen LogP contribution in [0, 0.1) is 0 Å². The average Bonchev–Trinajstić information content (AvgIpc) is 2.84. The first-order valence-corrected chi connectivity index (χ1v) is 5.65. The molecule has 0 aliphatic heterocycles. The van der Waals surface area contributed by atoms with Crippen molar-refractivity contribution in [1.82, 2.24) is 0 Å². The van der Waals surface area contributed by atoms with Crippen molar-refractivity contribution >= 4 is 0 Å². The van der Waals surface area contributed by atoms with Gasteiger partial charge in [0.15, 0.2) is 0 Å². The van der Waals surface area contributed by atoms with E-state index in [4.69, 9.17) is 4.42 Å². The molecule has 0 fully saturated rings. The number of aryl methyl sites for hydroxylation is 1. The number of fused-ring (bicyclic) bond motifs is 1. The third kappa shape index (κ3) is 1.30. The molecule has 2 aromatic rings. The van der Waals surface area contributed by atoms with Crippen LogP contribution in [0.15, 0.2) is 47.1 Å². The Labute approximate surface area is 94.5 Å². The van der Waals surface area contributed by atoms with Gasteiger partial charge >= 0.3 is 0 Å². The average molecular weight is 214 g/mol. The first kappa shape index (κ1) is 9.67. The van der Waals surface area contributed by atoms with Crippen LogP contribution < -0.4 is 0 Å². The molecule has 1 atom stereocenters. The Kier molecular flexibility index (Phi) is 2.11. The van der Waals surface area contributed by atoms with Crippen molar-refractivity contribution in [1.29, 1.82) is 0 Å². The van der Waals surface area contributed by atoms with Gasteiger partial charge in [-0.25, -0.2) is 0 Å². The lowest BCUT2D eigenvalue weighted by molar-refractivity contribution is 0.0391. The van der Waals surface area contributed by atoms with Crippen LogP contribution in [0.1, 0.15) is 29.7 Å². The summed E-state index contributed by atoms with van der Waals surface area (Å²) in [6.45, 7) is 0. The lowest BCUT2D eigenvalue weighted by Gasteiger charge is -2.32. The number of benzene rings is 1. The summed E-state index contributed by atoms with van der Waals surface area (Å²) in [5, 5.41) is 10.8. The molecule has 1 aromatic carbocycles. The van der Waals surface area contributed by atoms with E-state index in [2.05, 4.69) is 6.07 Å². The van der Waals surface area contributed by atoms with E-state index in [1.54, 1.807) is 6.26 Å². The molecule has 16 heavy (non-hydrogen) atoms. The Morgan fingerprint density at radius 2 is 2.00 bits per heavy atom. The molecule has 0 saturated carbocycles. The summed E-state index contributed by atoms with van der Waals surface area (Å²) in [4.78, 5) is 0. The zero-order valence-electron chi connectivity index (χ0n) is 9.02. The van der Waals surface area contributed by atoms with E-state index in [-0.39, 0.29) is 0 Å². The minimum atomic E-state index is -0.932. The predicted molar refractivity (Wildman–Crippen MR) is 61.1 cm³/mol. The lowest BCUT2D eigenvalue weighted by Crippen LogP contribution is -2.31. The molecule has 82 valence electrons. The molecule has 0 amide bonds. The molecule has 1 unspecified atom stereocenters. The molecule has 2 nitrogen and oxygen atoms in total. The van der Waals surface area contributed by atoms with Gasteiger partial charge in [-0.1, -0.05) is 24.3 Å². The van der Waals surface area contributed by atoms with E-state index in [1.165, 1.54) is 5.56 Å². The van der Waals surface area contributed by atoms with Crippen molar-refractivity contribution in [3.63, 3.8) is 0 Å². The SMILES string of the molecule is OC1(c2ccco2)CCCc2ccccc21. The van der Waals surface area contributed by atoms with Gasteiger partial charge in [0, 0.05) is 0 Å². The maximum Gasteiger partial charge on any atom is 0.147 e. The highest BCUT2D eigenvalue weighted by Crippen LogP contribution is 2.40. The molecule has 0 bridgehead atoms. The molecule has 1 aliphatic carbocycles. The predicted octanol–water partition coefficient (Wildman–Crippen LogP) is 2.85. The van der Waals surface area contributed by atoms with E-state index in [9.17, 15) is 5.11 Å². The van der Waals surface area contributed by atoms with E-state index in [0.717, 1.165) is 24.8 Å². The molecule has 0 spiro atoms. The second-order valence-corrected chi connectivity index (χ2v) is 4.35. The van der Waals surface area contributed by atoms with Gasteiger partial charge in [0.2, 0.25) is 0 Å². The Bertz CT molecular complexity index is 487. The summed E-state index contributed by atoms with van der Waals surface area (Å²) >= 11 is 0. The van der Waals surface area contributed by atoms with Crippen molar-refractivity contribution in [2.75, 3.05) is 0 Å². The van der Waals surface area contributed by atoms with Gasteiger partial charge in [0.05, 0.1) is 6.26 Å². The van der Waals surface area contributed by atoms with Crippen LogP contribution in [0.25, 0.3) is 0 Å². The monoisotopic (exact) mass is 214 g/mol. The maximum atomic E-state index is 10.8. The van der Waals surface area contributed by atoms with Crippen molar-refractivity contribution in [3.05, 3.63) is 59.5 Å². The number of rotatable bonds is 1. The highest BCUT2D eigenvalue weighted by molar-refractivity contribution is 5.39. The Balaban J connectivity index is 2.17. The van der Waals surface area contributed by atoms with E-state index < -0.39 is 5.60 Å². The number of aliphatic hydroxyl groups is 1. The molecule has 0 radical (unpaired) electrons. The minimum Gasteiger partial charge on any atom is -0.466 e. The Morgan fingerprint density at radius 3 is 2.81 bits per heavy atom. The quantitative estimate of drug-likeness (QED) is 0.791. The number of hydrogen-bond donors (Lipinski definition) is 1. The molecule has 1 N–H and O–H groups in total. The van der Waals surface area contributed by atoms with Crippen LogP contribution in [0.4, 0.5) is 0 Å². The lowest BCUT2D eigenvalue weighted by atomic mass is 9.78. The van der Waals surface area contributed by atoms with Crippen molar-refractivity contribution in [2.24, 2.45) is 0 Å². The summed E-state index contributed by atoms with van der Waals surface area (Å²) in [6, 6.07) is 11.7.